The number of ether oxygens (including phenoxy) is 1. The van der Waals surface area contributed by atoms with Gasteiger partial charge in [0.2, 0.25) is 10.0 Å². The minimum atomic E-state index is -3.52. The molecule has 2 aliphatic heterocycles. The molecule has 2 aromatic carbocycles. The number of carbonyl (C=O) groups excluding carboxylic acids is 2. The van der Waals surface area contributed by atoms with Crippen molar-refractivity contribution in [3.63, 3.8) is 0 Å². The lowest BCUT2D eigenvalue weighted by molar-refractivity contribution is -0.127. The average molecular weight is 484 g/mol. The van der Waals surface area contributed by atoms with Crippen LogP contribution in [0.15, 0.2) is 59.5 Å². The molecule has 180 valence electrons. The molecule has 0 aromatic heterocycles. The van der Waals surface area contributed by atoms with E-state index in [0.717, 1.165) is 25.7 Å². The Morgan fingerprint density at radius 1 is 1.00 bits per heavy atom. The summed E-state index contributed by atoms with van der Waals surface area (Å²) in [6, 6.07) is 13.6. The Labute approximate surface area is 200 Å². The van der Waals surface area contributed by atoms with Crippen molar-refractivity contribution < 1.29 is 22.7 Å². The van der Waals surface area contributed by atoms with Crippen LogP contribution in [0, 0.1) is 0 Å². The van der Waals surface area contributed by atoms with Gasteiger partial charge < -0.3 is 15.0 Å². The zero-order valence-electron chi connectivity index (χ0n) is 19.1. The molecule has 8 nitrogen and oxygen atoms in total. The van der Waals surface area contributed by atoms with Crippen molar-refractivity contribution >= 4 is 33.6 Å². The first kappa shape index (κ1) is 24.0. The van der Waals surface area contributed by atoms with Crippen LogP contribution in [0.1, 0.15) is 31.2 Å². The molecule has 1 N–H and O–H groups in total. The molecule has 0 spiro atoms. The average Bonchev–Trinajstić information content (AvgIpc) is 3.16. The third-order valence-corrected chi connectivity index (χ3v) is 7.99. The number of hydrogen-bond donors (Lipinski definition) is 1. The van der Waals surface area contributed by atoms with Crippen LogP contribution in [-0.4, -0.2) is 57.3 Å². The maximum absolute atomic E-state index is 13.0. The van der Waals surface area contributed by atoms with Crippen LogP contribution in [0.4, 0.5) is 5.69 Å². The summed E-state index contributed by atoms with van der Waals surface area (Å²) in [6.07, 6.45) is 6.13. The quantitative estimate of drug-likeness (QED) is 0.660. The maximum Gasteiger partial charge on any atom is 0.262 e. The Morgan fingerprint density at radius 3 is 2.35 bits per heavy atom. The minimum Gasteiger partial charge on any atom is -0.477 e. The molecule has 1 atom stereocenters. The largest absolute Gasteiger partial charge is 0.477 e. The Morgan fingerprint density at radius 2 is 1.68 bits per heavy atom. The van der Waals surface area contributed by atoms with Gasteiger partial charge in [-0.1, -0.05) is 37.1 Å². The van der Waals surface area contributed by atoms with Crippen LogP contribution in [0.3, 0.4) is 0 Å². The lowest BCUT2D eigenvalue weighted by Crippen LogP contribution is -2.49. The van der Waals surface area contributed by atoms with E-state index in [0.29, 0.717) is 30.1 Å². The molecule has 0 saturated carbocycles. The number of carbonyl (C=O) groups is 2. The normalized spacial score (nSPS) is 19.2. The van der Waals surface area contributed by atoms with E-state index in [9.17, 15) is 18.0 Å². The van der Waals surface area contributed by atoms with Crippen molar-refractivity contribution in [3.8, 4) is 5.75 Å². The highest BCUT2D eigenvalue weighted by Crippen LogP contribution is 2.33. The van der Waals surface area contributed by atoms with Gasteiger partial charge in [-0.15, -0.1) is 0 Å². The SMILES string of the molecule is CNC(=O)C1CN(C(=O)/C=C/c2ccc(S(=O)(=O)N3CCCCCC3)cc2)c2ccccc2O1. The van der Waals surface area contributed by atoms with Crippen LogP contribution in [-0.2, 0) is 19.6 Å². The minimum absolute atomic E-state index is 0.0902. The molecular formula is C25H29N3O5S. The van der Waals surface area contributed by atoms with E-state index in [1.807, 2.05) is 0 Å². The molecule has 0 bridgehead atoms. The molecule has 0 radical (unpaired) electrons. The molecule has 2 aromatic rings. The van der Waals surface area contributed by atoms with Crippen LogP contribution < -0.4 is 15.0 Å². The zero-order chi connectivity index (χ0) is 24.1. The number of anilines is 1. The highest BCUT2D eigenvalue weighted by Gasteiger charge is 2.32. The van der Waals surface area contributed by atoms with Crippen molar-refractivity contribution in [3.05, 3.63) is 60.2 Å². The van der Waals surface area contributed by atoms with Gasteiger partial charge in [0.25, 0.3) is 11.8 Å². The van der Waals surface area contributed by atoms with E-state index in [4.69, 9.17) is 4.74 Å². The molecule has 9 heteroatoms. The van der Waals surface area contributed by atoms with Gasteiger partial charge in [0.1, 0.15) is 5.75 Å². The highest BCUT2D eigenvalue weighted by molar-refractivity contribution is 7.89. The van der Waals surface area contributed by atoms with Crippen LogP contribution in [0.5, 0.6) is 5.75 Å². The lowest BCUT2D eigenvalue weighted by Gasteiger charge is -2.33. The molecule has 2 aliphatic rings. The number of fused-ring (bicyclic) bond motifs is 1. The van der Waals surface area contributed by atoms with E-state index < -0.39 is 16.1 Å². The number of nitrogens with one attached hydrogen (secondary N) is 1. The third-order valence-electron chi connectivity index (χ3n) is 6.08. The number of sulfonamides is 1. The van der Waals surface area contributed by atoms with Gasteiger partial charge in [-0.05, 0) is 48.7 Å². The third kappa shape index (κ3) is 5.15. The molecule has 0 aliphatic carbocycles. The Kier molecular flexibility index (Phi) is 7.33. The number of nitrogens with zero attached hydrogens (tertiary/aromatic N) is 2. The van der Waals surface area contributed by atoms with Gasteiger partial charge in [0, 0.05) is 26.2 Å². The first-order chi connectivity index (χ1) is 16.4. The number of likely N-dealkylation sites (N-methyl/N-ethyl adjacent to an activating group) is 1. The molecule has 4 rings (SSSR count). The van der Waals surface area contributed by atoms with E-state index >= 15 is 0 Å². The summed E-state index contributed by atoms with van der Waals surface area (Å²) in [4.78, 5) is 26.9. The van der Waals surface area contributed by atoms with Gasteiger partial charge >= 0.3 is 0 Å². The first-order valence-electron chi connectivity index (χ1n) is 11.5. The van der Waals surface area contributed by atoms with Gasteiger partial charge in [-0.3, -0.25) is 9.59 Å². The number of benzene rings is 2. The molecular weight excluding hydrogens is 454 g/mol. The summed E-state index contributed by atoms with van der Waals surface area (Å²) in [5, 5.41) is 2.55. The van der Waals surface area contributed by atoms with Crippen LogP contribution in [0.2, 0.25) is 0 Å². The Balaban J connectivity index is 1.49. The summed E-state index contributed by atoms with van der Waals surface area (Å²) >= 11 is 0. The summed E-state index contributed by atoms with van der Waals surface area (Å²) in [5.74, 6) is -0.143. The fraction of sp³-hybridized carbons (Fsp3) is 0.360. The molecule has 2 heterocycles. The second-order valence-electron chi connectivity index (χ2n) is 8.36. The first-order valence-corrected chi connectivity index (χ1v) is 12.9. The highest BCUT2D eigenvalue weighted by atomic mass is 32.2. The monoisotopic (exact) mass is 483 g/mol. The number of amides is 2. The van der Waals surface area contributed by atoms with Crippen molar-refractivity contribution in [1.82, 2.24) is 9.62 Å². The van der Waals surface area contributed by atoms with Crippen LogP contribution in [0.25, 0.3) is 6.08 Å². The number of hydrogen-bond acceptors (Lipinski definition) is 5. The van der Waals surface area contributed by atoms with Gasteiger partial charge in [-0.25, -0.2) is 8.42 Å². The molecule has 1 fully saturated rings. The molecule has 1 saturated heterocycles. The summed E-state index contributed by atoms with van der Waals surface area (Å²) in [5.41, 5.74) is 1.30. The smallest absolute Gasteiger partial charge is 0.262 e. The Hall–Kier alpha value is -3.17. The molecule has 34 heavy (non-hydrogen) atoms. The lowest BCUT2D eigenvalue weighted by atomic mass is 10.1. The zero-order valence-corrected chi connectivity index (χ0v) is 20.0. The summed E-state index contributed by atoms with van der Waals surface area (Å²) in [6.45, 7) is 1.19. The predicted octanol–water partition coefficient (Wildman–Crippen LogP) is 2.80. The van der Waals surface area contributed by atoms with E-state index in [2.05, 4.69) is 5.32 Å². The van der Waals surface area contributed by atoms with E-state index in [1.165, 1.54) is 18.0 Å². The topological polar surface area (TPSA) is 96.0 Å². The Bertz CT molecular complexity index is 1170. The van der Waals surface area contributed by atoms with Gasteiger partial charge in [0.05, 0.1) is 17.1 Å². The van der Waals surface area contributed by atoms with Crippen molar-refractivity contribution in [1.29, 1.82) is 0 Å². The van der Waals surface area contributed by atoms with Crippen molar-refractivity contribution in [2.45, 2.75) is 36.7 Å². The fourth-order valence-electron chi connectivity index (χ4n) is 4.18. The summed E-state index contributed by atoms with van der Waals surface area (Å²) < 4.78 is 33.2. The molecule has 2 amide bonds. The standard InChI is InChI=1S/C25H29N3O5S/c1-26-25(30)23-18-28(21-8-4-5-9-22(21)33-23)24(29)15-12-19-10-13-20(14-11-19)34(31,32)27-16-6-2-3-7-17-27/h4-5,8-15,23H,2-3,6-7,16-18H2,1H3,(H,26,30)/b15-12+. The van der Waals surface area contributed by atoms with E-state index in [1.54, 1.807) is 58.9 Å². The van der Waals surface area contributed by atoms with Gasteiger partial charge in [0.15, 0.2) is 6.10 Å². The molecule has 1 unspecified atom stereocenters. The van der Waals surface area contributed by atoms with Crippen LogP contribution >= 0.6 is 0 Å². The van der Waals surface area contributed by atoms with E-state index in [-0.39, 0.29) is 23.3 Å². The number of para-hydroxylation sites is 2. The number of rotatable bonds is 5. The second-order valence-corrected chi connectivity index (χ2v) is 10.3. The fourth-order valence-corrected chi connectivity index (χ4v) is 5.70. The second kappa shape index (κ2) is 10.4. The van der Waals surface area contributed by atoms with Crippen molar-refractivity contribution in [2.75, 3.05) is 31.6 Å². The maximum atomic E-state index is 13.0. The van der Waals surface area contributed by atoms with Gasteiger partial charge in [-0.2, -0.15) is 4.31 Å². The summed E-state index contributed by atoms with van der Waals surface area (Å²) in [7, 11) is -2.00. The predicted molar refractivity (Wildman–Crippen MR) is 130 cm³/mol. The van der Waals surface area contributed by atoms with Crippen molar-refractivity contribution in [2.24, 2.45) is 0 Å².